The fourth-order valence-corrected chi connectivity index (χ4v) is 3.43. The molecule has 1 amide bonds. The van der Waals surface area contributed by atoms with Crippen LogP contribution in [0.5, 0.6) is 5.75 Å². The predicted molar refractivity (Wildman–Crippen MR) is 114 cm³/mol. The van der Waals surface area contributed by atoms with Crippen molar-refractivity contribution in [1.29, 1.82) is 0 Å². The molecule has 0 radical (unpaired) electrons. The standard InChI is InChI=1S/C21H35NO5S/c1-3-4-15-27-20-14-13-18(2)17-19(20)22-21(23)12-10-8-6-5-7-9-11-16-28(24,25)26/h13-14,17H,3-12,15-16H2,1-2H3,(H,22,23)(H,24,25,26). The van der Waals surface area contributed by atoms with Gasteiger partial charge in [0.05, 0.1) is 18.0 Å². The monoisotopic (exact) mass is 413 g/mol. The number of anilines is 1. The number of hydrogen-bond donors (Lipinski definition) is 2. The van der Waals surface area contributed by atoms with E-state index in [0.29, 0.717) is 19.4 Å². The lowest BCUT2D eigenvalue weighted by atomic mass is 10.1. The van der Waals surface area contributed by atoms with Gasteiger partial charge < -0.3 is 10.1 Å². The van der Waals surface area contributed by atoms with Crippen molar-refractivity contribution in [3.8, 4) is 5.75 Å². The molecule has 0 fully saturated rings. The van der Waals surface area contributed by atoms with Gasteiger partial charge in [0, 0.05) is 6.42 Å². The van der Waals surface area contributed by atoms with Crippen molar-refractivity contribution in [2.45, 2.75) is 78.1 Å². The normalized spacial score (nSPS) is 11.4. The number of hydrogen-bond acceptors (Lipinski definition) is 4. The van der Waals surface area contributed by atoms with E-state index in [1.54, 1.807) is 0 Å². The molecule has 0 aliphatic carbocycles. The van der Waals surface area contributed by atoms with Crippen LogP contribution in [-0.4, -0.2) is 31.2 Å². The second-order valence-electron chi connectivity index (χ2n) is 7.26. The van der Waals surface area contributed by atoms with Crippen LogP contribution < -0.4 is 10.1 Å². The third-order valence-electron chi connectivity index (χ3n) is 4.47. The third kappa shape index (κ3) is 12.0. The summed E-state index contributed by atoms with van der Waals surface area (Å²) in [6, 6.07) is 5.82. The molecule has 28 heavy (non-hydrogen) atoms. The van der Waals surface area contributed by atoms with Gasteiger partial charge >= 0.3 is 0 Å². The number of carbonyl (C=O) groups excluding carboxylic acids is 1. The molecule has 0 spiro atoms. The lowest BCUT2D eigenvalue weighted by molar-refractivity contribution is -0.116. The maximum absolute atomic E-state index is 12.2. The van der Waals surface area contributed by atoms with E-state index in [1.807, 2.05) is 25.1 Å². The Hall–Kier alpha value is -1.60. The molecule has 0 atom stereocenters. The lowest BCUT2D eigenvalue weighted by Crippen LogP contribution is -2.12. The Morgan fingerprint density at radius 3 is 2.32 bits per heavy atom. The van der Waals surface area contributed by atoms with Crippen molar-refractivity contribution < 1.29 is 22.5 Å². The van der Waals surface area contributed by atoms with Crippen molar-refractivity contribution in [3.63, 3.8) is 0 Å². The van der Waals surface area contributed by atoms with E-state index in [4.69, 9.17) is 9.29 Å². The molecular weight excluding hydrogens is 378 g/mol. The molecule has 1 aromatic carbocycles. The summed E-state index contributed by atoms with van der Waals surface area (Å²) in [5.74, 6) is 0.562. The van der Waals surface area contributed by atoms with Gasteiger partial charge in [-0.3, -0.25) is 9.35 Å². The first-order chi connectivity index (χ1) is 13.3. The molecule has 2 N–H and O–H groups in total. The van der Waals surface area contributed by atoms with Gasteiger partial charge in [0.1, 0.15) is 5.75 Å². The summed E-state index contributed by atoms with van der Waals surface area (Å²) in [4.78, 5) is 12.2. The van der Waals surface area contributed by atoms with E-state index < -0.39 is 10.1 Å². The molecule has 1 aromatic rings. The van der Waals surface area contributed by atoms with Crippen LogP contribution >= 0.6 is 0 Å². The first-order valence-corrected chi connectivity index (χ1v) is 11.9. The van der Waals surface area contributed by atoms with Crippen molar-refractivity contribution >= 4 is 21.7 Å². The smallest absolute Gasteiger partial charge is 0.264 e. The minimum Gasteiger partial charge on any atom is -0.491 e. The van der Waals surface area contributed by atoms with Crippen LogP contribution in [0.3, 0.4) is 0 Å². The highest BCUT2D eigenvalue weighted by molar-refractivity contribution is 7.85. The average molecular weight is 414 g/mol. The van der Waals surface area contributed by atoms with Crippen molar-refractivity contribution in [3.05, 3.63) is 23.8 Å². The Labute approximate surface area is 169 Å². The minimum atomic E-state index is -3.83. The number of carbonyl (C=O) groups is 1. The second kappa shape index (κ2) is 13.6. The van der Waals surface area contributed by atoms with E-state index in [9.17, 15) is 13.2 Å². The summed E-state index contributed by atoms with van der Waals surface area (Å²) in [6.07, 6.45) is 8.61. The maximum atomic E-state index is 12.2. The van der Waals surface area contributed by atoms with E-state index in [0.717, 1.165) is 68.4 Å². The van der Waals surface area contributed by atoms with Crippen molar-refractivity contribution in [1.82, 2.24) is 0 Å². The Balaban J connectivity index is 2.22. The zero-order valence-electron chi connectivity index (χ0n) is 17.2. The Morgan fingerprint density at radius 1 is 1.04 bits per heavy atom. The van der Waals surface area contributed by atoms with E-state index in [2.05, 4.69) is 12.2 Å². The van der Waals surface area contributed by atoms with Crippen LogP contribution in [0.1, 0.15) is 76.7 Å². The largest absolute Gasteiger partial charge is 0.491 e. The lowest BCUT2D eigenvalue weighted by Gasteiger charge is -2.13. The third-order valence-corrected chi connectivity index (χ3v) is 5.28. The van der Waals surface area contributed by atoms with Crippen LogP contribution in [0.4, 0.5) is 5.69 Å². The van der Waals surface area contributed by atoms with Crippen molar-refractivity contribution in [2.75, 3.05) is 17.7 Å². The number of aryl methyl sites for hydroxylation is 1. The maximum Gasteiger partial charge on any atom is 0.264 e. The molecule has 0 heterocycles. The molecule has 1 rings (SSSR count). The molecule has 7 heteroatoms. The molecule has 0 saturated heterocycles. The van der Waals surface area contributed by atoms with Crippen molar-refractivity contribution in [2.24, 2.45) is 0 Å². The van der Waals surface area contributed by atoms with E-state index >= 15 is 0 Å². The number of rotatable bonds is 15. The predicted octanol–water partition coefficient (Wildman–Crippen LogP) is 5.12. The van der Waals surface area contributed by atoms with Gasteiger partial charge in [-0.25, -0.2) is 0 Å². The zero-order chi connectivity index (χ0) is 20.8. The molecule has 6 nitrogen and oxygen atoms in total. The first kappa shape index (κ1) is 24.4. The van der Waals surface area contributed by atoms with Gasteiger partial charge in [-0.1, -0.05) is 51.5 Å². The Bertz CT molecular complexity index is 688. The number of benzene rings is 1. The highest BCUT2D eigenvalue weighted by Crippen LogP contribution is 2.26. The van der Waals surface area contributed by atoms with Gasteiger partial charge in [0.15, 0.2) is 0 Å². The SMILES string of the molecule is CCCCOc1ccc(C)cc1NC(=O)CCCCCCCCCS(=O)(=O)O. The van der Waals surface area contributed by atoms with E-state index in [1.165, 1.54) is 0 Å². The van der Waals surface area contributed by atoms with Crippen LogP contribution in [0.15, 0.2) is 18.2 Å². The molecule has 0 unspecified atom stereocenters. The fraction of sp³-hybridized carbons (Fsp3) is 0.667. The summed E-state index contributed by atoms with van der Waals surface area (Å²) < 4.78 is 35.7. The van der Waals surface area contributed by atoms with Crippen LogP contribution in [0, 0.1) is 6.92 Å². The van der Waals surface area contributed by atoms with Gasteiger partial charge in [-0.15, -0.1) is 0 Å². The topological polar surface area (TPSA) is 92.7 Å². The highest BCUT2D eigenvalue weighted by atomic mass is 32.2. The zero-order valence-corrected chi connectivity index (χ0v) is 18.0. The van der Waals surface area contributed by atoms with Crippen LogP contribution in [0.25, 0.3) is 0 Å². The van der Waals surface area contributed by atoms with Crippen LogP contribution in [0.2, 0.25) is 0 Å². The average Bonchev–Trinajstić information content (AvgIpc) is 2.61. The number of nitrogens with one attached hydrogen (secondary N) is 1. The minimum absolute atomic E-state index is 0.000839. The number of amides is 1. The number of unbranched alkanes of at least 4 members (excludes halogenated alkanes) is 7. The molecule has 0 aliphatic heterocycles. The highest BCUT2D eigenvalue weighted by Gasteiger charge is 2.09. The van der Waals surface area contributed by atoms with E-state index in [-0.39, 0.29) is 11.7 Å². The first-order valence-electron chi connectivity index (χ1n) is 10.3. The second-order valence-corrected chi connectivity index (χ2v) is 8.83. The molecule has 0 bridgehead atoms. The summed E-state index contributed by atoms with van der Waals surface area (Å²) in [5.41, 5.74) is 1.81. The molecule has 0 saturated carbocycles. The summed E-state index contributed by atoms with van der Waals surface area (Å²) in [6.45, 7) is 4.74. The van der Waals surface area contributed by atoms with Gasteiger partial charge in [-0.05, 0) is 43.9 Å². The van der Waals surface area contributed by atoms with Gasteiger partial charge in [0.25, 0.3) is 10.1 Å². The quantitative estimate of drug-likeness (QED) is 0.307. The summed E-state index contributed by atoms with van der Waals surface area (Å²) in [5, 5.41) is 2.97. The summed E-state index contributed by atoms with van der Waals surface area (Å²) >= 11 is 0. The summed E-state index contributed by atoms with van der Waals surface area (Å²) in [7, 11) is -3.83. The van der Waals surface area contributed by atoms with Crippen LogP contribution in [-0.2, 0) is 14.9 Å². The van der Waals surface area contributed by atoms with Gasteiger partial charge in [0.2, 0.25) is 5.91 Å². The Kier molecular flexibility index (Phi) is 11.8. The number of ether oxygens (including phenoxy) is 1. The molecule has 160 valence electrons. The van der Waals surface area contributed by atoms with Gasteiger partial charge in [-0.2, -0.15) is 8.42 Å². The molecular formula is C21H35NO5S. The molecule has 0 aromatic heterocycles. The Morgan fingerprint density at radius 2 is 1.68 bits per heavy atom. The molecule has 0 aliphatic rings. The fourth-order valence-electron chi connectivity index (χ4n) is 2.86.